The van der Waals surface area contributed by atoms with Gasteiger partial charge in [-0.25, -0.2) is 0 Å². The molecule has 1 aromatic heterocycles. The molecule has 1 aliphatic rings. The van der Waals surface area contributed by atoms with Crippen molar-refractivity contribution in [1.29, 1.82) is 0 Å². The number of hydrogen-bond acceptors (Lipinski definition) is 2. The molecule has 1 atom stereocenters. The van der Waals surface area contributed by atoms with Gasteiger partial charge in [0, 0.05) is 17.9 Å². The number of hydrogen-bond donors (Lipinski definition) is 1. The Morgan fingerprint density at radius 2 is 2.06 bits per heavy atom. The molecule has 2 rings (SSSR count). The van der Waals surface area contributed by atoms with Gasteiger partial charge in [0.15, 0.2) is 0 Å². The standard InChI is InChI=1S/C16H26N2/c1-4-13-7-9-14(10-8-13)16(17-3)15-6-5-11-18-12(15)2/h5-6,11,13-14,16-17H,4,7-10H2,1-3H3. The molecule has 0 bridgehead atoms. The predicted molar refractivity (Wildman–Crippen MR) is 76.5 cm³/mol. The van der Waals surface area contributed by atoms with Crippen molar-refractivity contribution in [2.45, 2.75) is 52.0 Å². The zero-order valence-corrected chi connectivity index (χ0v) is 11.9. The maximum Gasteiger partial charge on any atom is 0.0420 e. The summed E-state index contributed by atoms with van der Waals surface area (Å²) in [7, 11) is 2.09. The van der Waals surface area contributed by atoms with E-state index in [0.29, 0.717) is 6.04 Å². The number of aromatic nitrogens is 1. The first kappa shape index (κ1) is 13.5. The van der Waals surface area contributed by atoms with Crippen molar-refractivity contribution in [3.8, 4) is 0 Å². The third-order valence-electron chi connectivity index (χ3n) is 4.63. The second-order valence-corrected chi connectivity index (χ2v) is 5.63. The van der Waals surface area contributed by atoms with Crippen molar-refractivity contribution < 1.29 is 0 Å². The molecule has 1 fully saturated rings. The number of aryl methyl sites for hydroxylation is 1. The van der Waals surface area contributed by atoms with Gasteiger partial charge in [-0.1, -0.05) is 32.3 Å². The minimum Gasteiger partial charge on any atom is -0.313 e. The summed E-state index contributed by atoms with van der Waals surface area (Å²) in [6.07, 6.45) is 8.76. The average Bonchev–Trinajstić information content (AvgIpc) is 2.42. The topological polar surface area (TPSA) is 24.9 Å². The zero-order chi connectivity index (χ0) is 13.0. The molecule has 1 N–H and O–H groups in total. The van der Waals surface area contributed by atoms with Gasteiger partial charge >= 0.3 is 0 Å². The van der Waals surface area contributed by atoms with Crippen LogP contribution < -0.4 is 5.32 Å². The van der Waals surface area contributed by atoms with E-state index < -0.39 is 0 Å². The number of pyridine rings is 1. The molecule has 0 radical (unpaired) electrons. The van der Waals surface area contributed by atoms with Gasteiger partial charge < -0.3 is 5.32 Å². The molecule has 2 nitrogen and oxygen atoms in total. The van der Waals surface area contributed by atoms with Crippen molar-refractivity contribution in [3.05, 3.63) is 29.6 Å². The number of nitrogens with one attached hydrogen (secondary N) is 1. The summed E-state index contributed by atoms with van der Waals surface area (Å²) in [6.45, 7) is 4.45. The molecule has 0 amide bonds. The third-order valence-corrected chi connectivity index (χ3v) is 4.63. The lowest BCUT2D eigenvalue weighted by Gasteiger charge is -2.34. The Hall–Kier alpha value is -0.890. The van der Waals surface area contributed by atoms with Crippen LogP contribution in [-0.2, 0) is 0 Å². The number of nitrogens with zero attached hydrogens (tertiary/aromatic N) is 1. The largest absolute Gasteiger partial charge is 0.313 e. The lowest BCUT2D eigenvalue weighted by Crippen LogP contribution is -2.29. The van der Waals surface area contributed by atoms with Crippen LogP contribution in [0.5, 0.6) is 0 Å². The van der Waals surface area contributed by atoms with Crippen LogP contribution in [-0.4, -0.2) is 12.0 Å². The molecule has 1 saturated carbocycles. The maximum absolute atomic E-state index is 4.43. The molecule has 1 aromatic rings. The van der Waals surface area contributed by atoms with Crippen molar-refractivity contribution in [2.24, 2.45) is 11.8 Å². The van der Waals surface area contributed by atoms with Gasteiger partial charge in [-0.15, -0.1) is 0 Å². The summed E-state index contributed by atoms with van der Waals surface area (Å²) in [5.74, 6) is 1.74. The minimum absolute atomic E-state index is 0.483. The molecule has 1 unspecified atom stereocenters. The SMILES string of the molecule is CCC1CCC(C(NC)c2cccnc2C)CC1. The van der Waals surface area contributed by atoms with E-state index in [1.807, 2.05) is 6.20 Å². The third kappa shape index (κ3) is 2.92. The highest BCUT2D eigenvalue weighted by atomic mass is 14.9. The van der Waals surface area contributed by atoms with Gasteiger partial charge in [0.2, 0.25) is 0 Å². The number of rotatable bonds is 4. The molecule has 0 saturated heterocycles. The van der Waals surface area contributed by atoms with Crippen molar-refractivity contribution >= 4 is 0 Å². The highest BCUT2D eigenvalue weighted by Gasteiger charge is 2.27. The van der Waals surface area contributed by atoms with Crippen molar-refractivity contribution in [2.75, 3.05) is 7.05 Å². The Labute approximate surface area is 111 Å². The van der Waals surface area contributed by atoms with Crippen LogP contribution in [0.15, 0.2) is 18.3 Å². The van der Waals surface area contributed by atoms with Gasteiger partial charge in [-0.05, 0) is 50.3 Å². The summed E-state index contributed by atoms with van der Waals surface area (Å²) >= 11 is 0. The molecular formula is C16H26N2. The first-order valence-corrected chi connectivity index (χ1v) is 7.35. The van der Waals surface area contributed by atoms with E-state index in [9.17, 15) is 0 Å². The van der Waals surface area contributed by atoms with E-state index in [4.69, 9.17) is 0 Å². The quantitative estimate of drug-likeness (QED) is 0.872. The molecule has 100 valence electrons. The summed E-state index contributed by atoms with van der Waals surface area (Å²) in [4.78, 5) is 4.43. The second kappa shape index (κ2) is 6.33. The molecule has 1 aliphatic carbocycles. The lowest BCUT2D eigenvalue weighted by atomic mass is 9.76. The fourth-order valence-corrected chi connectivity index (χ4v) is 3.40. The van der Waals surface area contributed by atoms with E-state index in [2.05, 4.69) is 43.3 Å². The molecule has 0 aromatic carbocycles. The van der Waals surface area contributed by atoms with Crippen molar-refractivity contribution in [1.82, 2.24) is 10.3 Å². The van der Waals surface area contributed by atoms with Crippen LogP contribution in [0.1, 0.15) is 56.3 Å². The van der Waals surface area contributed by atoms with E-state index in [1.54, 1.807) is 0 Å². The highest BCUT2D eigenvalue weighted by molar-refractivity contribution is 5.23. The average molecular weight is 246 g/mol. The zero-order valence-electron chi connectivity index (χ0n) is 11.9. The van der Waals surface area contributed by atoms with Crippen LogP contribution in [0.3, 0.4) is 0 Å². The fourth-order valence-electron chi connectivity index (χ4n) is 3.40. The van der Waals surface area contributed by atoms with Gasteiger partial charge in [-0.2, -0.15) is 0 Å². The molecule has 1 heterocycles. The summed E-state index contributed by atoms with van der Waals surface area (Å²) in [6, 6.07) is 4.77. The van der Waals surface area contributed by atoms with E-state index in [-0.39, 0.29) is 0 Å². The van der Waals surface area contributed by atoms with Crippen LogP contribution in [0.25, 0.3) is 0 Å². The molecule has 0 spiro atoms. The van der Waals surface area contributed by atoms with Gasteiger partial charge in [0.05, 0.1) is 0 Å². The Morgan fingerprint density at radius 1 is 1.33 bits per heavy atom. The Kier molecular flexibility index (Phi) is 4.76. The Morgan fingerprint density at radius 3 is 2.61 bits per heavy atom. The molecular weight excluding hydrogens is 220 g/mol. The van der Waals surface area contributed by atoms with Crippen LogP contribution in [0, 0.1) is 18.8 Å². The summed E-state index contributed by atoms with van der Waals surface area (Å²) < 4.78 is 0. The van der Waals surface area contributed by atoms with Gasteiger partial charge in [0.1, 0.15) is 0 Å². The molecule has 18 heavy (non-hydrogen) atoms. The fraction of sp³-hybridized carbons (Fsp3) is 0.688. The summed E-state index contributed by atoms with van der Waals surface area (Å²) in [5.41, 5.74) is 2.56. The van der Waals surface area contributed by atoms with Gasteiger partial charge in [0.25, 0.3) is 0 Å². The smallest absolute Gasteiger partial charge is 0.0420 e. The lowest BCUT2D eigenvalue weighted by molar-refractivity contribution is 0.223. The first-order valence-electron chi connectivity index (χ1n) is 7.35. The van der Waals surface area contributed by atoms with Crippen LogP contribution in [0.2, 0.25) is 0 Å². The van der Waals surface area contributed by atoms with Crippen molar-refractivity contribution in [3.63, 3.8) is 0 Å². The van der Waals surface area contributed by atoms with Crippen LogP contribution >= 0.6 is 0 Å². The molecule has 0 aliphatic heterocycles. The van der Waals surface area contributed by atoms with Crippen LogP contribution in [0.4, 0.5) is 0 Å². The Balaban J connectivity index is 2.08. The monoisotopic (exact) mass is 246 g/mol. The summed E-state index contributed by atoms with van der Waals surface area (Å²) in [5, 5.41) is 3.52. The normalized spacial score (nSPS) is 25.9. The first-order chi connectivity index (χ1) is 8.76. The van der Waals surface area contributed by atoms with Gasteiger partial charge in [-0.3, -0.25) is 4.98 Å². The predicted octanol–water partition coefficient (Wildman–Crippen LogP) is 3.87. The van der Waals surface area contributed by atoms with E-state index >= 15 is 0 Å². The second-order valence-electron chi connectivity index (χ2n) is 5.63. The molecule has 2 heteroatoms. The van der Waals surface area contributed by atoms with E-state index in [0.717, 1.165) is 11.8 Å². The maximum atomic E-state index is 4.43. The minimum atomic E-state index is 0.483. The Bertz CT molecular complexity index is 367. The highest BCUT2D eigenvalue weighted by Crippen LogP contribution is 2.38. The van der Waals surface area contributed by atoms with E-state index in [1.165, 1.54) is 43.4 Å².